The molecule has 0 saturated heterocycles. The van der Waals surface area contributed by atoms with E-state index in [4.69, 9.17) is 19.3 Å². The second kappa shape index (κ2) is 6.51. The van der Waals surface area contributed by atoms with Crippen molar-refractivity contribution in [3.63, 3.8) is 0 Å². The molecule has 1 aromatic rings. The van der Waals surface area contributed by atoms with E-state index in [0.29, 0.717) is 5.56 Å². The van der Waals surface area contributed by atoms with Crippen molar-refractivity contribution >= 4 is 0 Å². The summed E-state index contributed by atoms with van der Waals surface area (Å²) < 4.78 is 51.3. The lowest BCUT2D eigenvalue weighted by atomic mass is 10.2. The molecule has 0 amide bonds. The zero-order chi connectivity index (χ0) is 14.5. The Morgan fingerprint density at radius 3 is 2.00 bits per heavy atom. The van der Waals surface area contributed by atoms with Crippen LogP contribution in [0.15, 0.2) is 12.1 Å². The van der Waals surface area contributed by atoms with Crippen LogP contribution in [0.4, 0.5) is 13.2 Å². The molecule has 0 heterocycles. The summed E-state index contributed by atoms with van der Waals surface area (Å²) in [5, 5.41) is 9.05. The second-order valence-corrected chi connectivity index (χ2v) is 3.70. The molecule has 1 aromatic carbocycles. The molecule has 0 saturated carbocycles. The normalized spacial score (nSPS) is 11.3. The second-order valence-electron chi connectivity index (χ2n) is 3.70. The highest BCUT2D eigenvalue weighted by molar-refractivity contribution is 5.53. The fourth-order valence-electron chi connectivity index (χ4n) is 1.44. The van der Waals surface area contributed by atoms with E-state index in [-0.39, 0.29) is 23.9 Å². The molecule has 0 radical (unpaired) electrons. The molecule has 0 aliphatic rings. The summed E-state index contributed by atoms with van der Waals surface area (Å²) in [6, 6.07) is 2.96. The summed E-state index contributed by atoms with van der Waals surface area (Å²) in [5.41, 5.74) is 0.511. The number of hydrogen-bond donors (Lipinski definition) is 1. The zero-order valence-corrected chi connectivity index (χ0v) is 10.6. The topological polar surface area (TPSA) is 47.9 Å². The summed E-state index contributed by atoms with van der Waals surface area (Å²) in [5.74, 6) is 0.516. The Bertz CT molecular complexity index is 393. The first-order valence-corrected chi connectivity index (χ1v) is 5.46. The van der Waals surface area contributed by atoms with Gasteiger partial charge in [-0.25, -0.2) is 0 Å². The van der Waals surface area contributed by atoms with Gasteiger partial charge in [-0.3, -0.25) is 0 Å². The summed E-state index contributed by atoms with van der Waals surface area (Å²) in [6.07, 6.45) is -5.35. The van der Waals surface area contributed by atoms with Crippen LogP contribution in [-0.4, -0.2) is 32.1 Å². The Hall–Kier alpha value is -1.63. The molecule has 1 N–H and O–H groups in total. The maximum absolute atomic E-state index is 12.1. The number of halogens is 3. The number of aliphatic hydroxyl groups is 1. The molecule has 0 aliphatic carbocycles. The first kappa shape index (κ1) is 15.4. The SMILES string of the molecule is COc1cc(CO)cc(OC)c1OCCC(F)(F)F. The lowest BCUT2D eigenvalue weighted by molar-refractivity contribution is -0.139. The van der Waals surface area contributed by atoms with Crippen molar-refractivity contribution in [2.45, 2.75) is 19.2 Å². The number of benzene rings is 1. The van der Waals surface area contributed by atoms with Gasteiger partial charge in [0.25, 0.3) is 0 Å². The number of alkyl halides is 3. The van der Waals surface area contributed by atoms with Gasteiger partial charge >= 0.3 is 6.18 Å². The maximum atomic E-state index is 12.1. The van der Waals surface area contributed by atoms with Gasteiger partial charge in [0.05, 0.1) is 33.9 Å². The van der Waals surface area contributed by atoms with E-state index in [9.17, 15) is 13.2 Å². The number of ether oxygens (including phenoxy) is 3. The first-order chi connectivity index (χ1) is 8.91. The zero-order valence-electron chi connectivity index (χ0n) is 10.6. The Balaban J connectivity index is 2.91. The van der Waals surface area contributed by atoms with Crippen molar-refractivity contribution < 1.29 is 32.5 Å². The molecule has 108 valence electrons. The third kappa shape index (κ3) is 4.51. The van der Waals surface area contributed by atoms with Crippen LogP contribution in [-0.2, 0) is 6.61 Å². The van der Waals surface area contributed by atoms with Crippen molar-refractivity contribution in [2.75, 3.05) is 20.8 Å². The molecule has 0 spiro atoms. The van der Waals surface area contributed by atoms with E-state index < -0.39 is 19.2 Å². The summed E-state index contributed by atoms with van der Waals surface area (Å²) in [4.78, 5) is 0. The third-order valence-corrected chi connectivity index (χ3v) is 2.33. The van der Waals surface area contributed by atoms with Crippen molar-refractivity contribution in [3.8, 4) is 17.2 Å². The van der Waals surface area contributed by atoms with Gasteiger partial charge in [-0.15, -0.1) is 0 Å². The fourth-order valence-corrected chi connectivity index (χ4v) is 1.44. The van der Waals surface area contributed by atoms with Gasteiger partial charge in [0, 0.05) is 0 Å². The van der Waals surface area contributed by atoms with Gasteiger partial charge in [-0.05, 0) is 17.7 Å². The molecule has 0 unspecified atom stereocenters. The van der Waals surface area contributed by atoms with Gasteiger partial charge in [0.15, 0.2) is 11.5 Å². The molecular formula is C12H15F3O4. The largest absolute Gasteiger partial charge is 0.493 e. The van der Waals surface area contributed by atoms with Crippen molar-refractivity contribution in [2.24, 2.45) is 0 Å². The van der Waals surface area contributed by atoms with Crippen LogP contribution >= 0.6 is 0 Å². The molecule has 0 fully saturated rings. The maximum Gasteiger partial charge on any atom is 0.392 e. The Labute approximate surface area is 108 Å². The van der Waals surface area contributed by atoms with Crippen molar-refractivity contribution in [3.05, 3.63) is 17.7 Å². The van der Waals surface area contributed by atoms with E-state index in [0.717, 1.165) is 0 Å². The van der Waals surface area contributed by atoms with E-state index in [1.54, 1.807) is 0 Å². The minimum Gasteiger partial charge on any atom is -0.493 e. The molecule has 0 aromatic heterocycles. The number of hydrogen-bond acceptors (Lipinski definition) is 4. The molecular weight excluding hydrogens is 265 g/mol. The van der Waals surface area contributed by atoms with Crippen LogP contribution in [0.3, 0.4) is 0 Å². The van der Waals surface area contributed by atoms with E-state index in [2.05, 4.69) is 0 Å². The lowest BCUT2D eigenvalue weighted by Gasteiger charge is -2.16. The molecule has 0 atom stereocenters. The van der Waals surface area contributed by atoms with Crippen LogP contribution in [0, 0.1) is 0 Å². The average Bonchev–Trinajstić information content (AvgIpc) is 2.37. The van der Waals surface area contributed by atoms with E-state index >= 15 is 0 Å². The highest BCUT2D eigenvalue weighted by atomic mass is 19.4. The van der Waals surface area contributed by atoms with Crippen molar-refractivity contribution in [1.29, 1.82) is 0 Å². The summed E-state index contributed by atoms with van der Waals surface area (Å²) >= 11 is 0. The minimum atomic E-state index is -4.29. The number of methoxy groups -OCH3 is 2. The van der Waals surface area contributed by atoms with Gasteiger partial charge < -0.3 is 19.3 Å². The smallest absolute Gasteiger partial charge is 0.392 e. The standard InChI is InChI=1S/C12H15F3O4/c1-17-9-5-8(7-16)6-10(18-2)11(9)19-4-3-12(13,14)15/h5-6,16H,3-4,7H2,1-2H3. The molecule has 7 heteroatoms. The molecule has 0 aliphatic heterocycles. The highest BCUT2D eigenvalue weighted by Gasteiger charge is 2.27. The Morgan fingerprint density at radius 1 is 1.11 bits per heavy atom. The minimum absolute atomic E-state index is 0.0893. The monoisotopic (exact) mass is 280 g/mol. The first-order valence-electron chi connectivity index (χ1n) is 5.46. The average molecular weight is 280 g/mol. The molecule has 19 heavy (non-hydrogen) atoms. The van der Waals surface area contributed by atoms with E-state index in [1.165, 1.54) is 26.4 Å². The Morgan fingerprint density at radius 2 is 1.63 bits per heavy atom. The van der Waals surface area contributed by atoms with E-state index in [1.807, 2.05) is 0 Å². The summed E-state index contributed by atoms with van der Waals surface area (Å²) in [7, 11) is 2.71. The van der Waals surface area contributed by atoms with Gasteiger partial charge in [-0.1, -0.05) is 0 Å². The van der Waals surface area contributed by atoms with Crippen LogP contribution < -0.4 is 14.2 Å². The molecule has 0 bridgehead atoms. The fraction of sp³-hybridized carbons (Fsp3) is 0.500. The summed E-state index contributed by atoms with van der Waals surface area (Å²) in [6.45, 7) is -0.774. The molecule has 4 nitrogen and oxygen atoms in total. The third-order valence-electron chi connectivity index (χ3n) is 2.33. The van der Waals surface area contributed by atoms with Gasteiger partial charge in [-0.2, -0.15) is 13.2 Å². The number of aliphatic hydroxyl groups excluding tert-OH is 1. The predicted molar refractivity (Wildman–Crippen MR) is 61.6 cm³/mol. The van der Waals surface area contributed by atoms with Crippen molar-refractivity contribution in [1.82, 2.24) is 0 Å². The quantitative estimate of drug-likeness (QED) is 0.870. The van der Waals surface area contributed by atoms with Crippen LogP contribution in [0.5, 0.6) is 17.2 Å². The lowest BCUT2D eigenvalue weighted by Crippen LogP contribution is -2.13. The number of rotatable bonds is 6. The van der Waals surface area contributed by atoms with Crippen LogP contribution in [0.2, 0.25) is 0 Å². The highest BCUT2D eigenvalue weighted by Crippen LogP contribution is 2.39. The predicted octanol–water partition coefficient (Wildman–Crippen LogP) is 2.53. The van der Waals surface area contributed by atoms with Crippen LogP contribution in [0.25, 0.3) is 0 Å². The molecule has 1 rings (SSSR count). The van der Waals surface area contributed by atoms with Crippen LogP contribution in [0.1, 0.15) is 12.0 Å². The van der Waals surface area contributed by atoms with Gasteiger partial charge in [0.1, 0.15) is 0 Å². The Kier molecular flexibility index (Phi) is 5.29. The van der Waals surface area contributed by atoms with Gasteiger partial charge in [0.2, 0.25) is 5.75 Å².